The first-order valence-corrected chi connectivity index (χ1v) is 10.1. The lowest BCUT2D eigenvalue weighted by Crippen LogP contribution is -2.24. The van der Waals surface area contributed by atoms with Crippen molar-refractivity contribution in [2.75, 3.05) is 11.9 Å². The zero-order valence-electron chi connectivity index (χ0n) is 16.7. The molecule has 0 unspecified atom stereocenters. The second-order valence-corrected chi connectivity index (χ2v) is 7.11. The molecule has 0 atom stereocenters. The minimum atomic E-state index is -0.259. The second-order valence-electron chi connectivity index (χ2n) is 6.70. The molecule has 0 aliphatic carbocycles. The van der Waals surface area contributed by atoms with Crippen molar-refractivity contribution in [2.45, 2.75) is 20.0 Å². The number of halogens is 1. The maximum atomic E-state index is 12.5. The normalized spacial score (nSPS) is 10.3. The molecule has 3 rings (SSSR count). The number of benzene rings is 3. The first kappa shape index (κ1) is 21.4. The molecule has 0 bridgehead atoms. The minimum Gasteiger partial charge on any atom is -0.489 e. The number of anilines is 1. The van der Waals surface area contributed by atoms with Crippen molar-refractivity contribution in [1.29, 1.82) is 0 Å². The Balaban J connectivity index is 1.59. The zero-order valence-corrected chi connectivity index (χ0v) is 17.4. The van der Waals surface area contributed by atoms with Crippen LogP contribution < -0.4 is 15.4 Å². The van der Waals surface area contributed by atoms with Gasteiger partial charge in [0.05, 0.1) is 10.6 Å². The highest BCUT2D eigenvalue weighted by Gasteiger charge is 2.12. The Morgan fingerprint density at radius 3 is 2.33 bits per heavy atom. The highest BCUT2D eigenvalue weighted by molar-refractivity contribution is 6.34. The van der Waals surface area contributed by atoms with Crippen LogP contribution in [0.15, 0.2) is 72.8 Å². The summed E-state index contributed by atoms with van der Waals surface area (Å²) in [5, 5.41) is 5.87. The minimum absolute atomic E-state index is 0.229. The Morgan fingerprint density at radius 1 is 0.933 bits per heavy atom. The van der Waals surface area contributed by atoms with Gasteiger partial charge in [0.25, 0.3) is 11.8 Å². The van der Waals surface area contributed by atoms with E-state index in [2.05, 4.69) is 10.6 Å². The van der Waals surface area contributed by atoms with E-state index >= 15 is 0 Å². The summed E-state index contributed by atoms with van der Waals surface area (Å²) in [4.78, 5) is 24.6. The fraction of sp³-hybridized carbons (Fsp3) is 0.167. The van der Waals surface area contributed by atoms with Gasteiger partial charge in [0.15, 0.2) is 0 Å². The molecule has 2 N–H and O–H groups in total. The highest BCUT2D eigenvalue weighted by Crippen LogP contribution is 2.22. The van der Waals surface area contributed by atoms with Crippen molar-refractivity contribution < 1.29 is 14.3 Å². The first-order chi connectivity index (χ1) is 14.6. The van der Waals surface area contributed by atoms with E-state index in [0.717, 1.165) is 17.7 Å². The Bertz CT molecular complexity index is 1000. The largest absolute Gasteiger partial charge is 0.489 e. The van der Waals surface area contributed by atoms with E-state index in [0.29, 0.717) is 30.0 Å². The van der Waals surface area contributed by atoms with Gasteiger partial charge in [-0.1, -0.05) is 48.9 Å². The molecule has 154 valence electrons. The van der Waals surface area contributed by atoms with Crippen LogP contribution in [0.3, 0.4) is 0 Å². The summed E-state index contributed by atoms with van der Waals surface area (Å²) in [6.45, 7) is 2.98. The summed E-state index contributed by atoms with van der Waals surface area (Å²) < 4.78 is 5.71. The number of amides is 2. The number of nitrogens with one attached hydrogen (secondary N) is 2. The van der Waals surface area contributed by atoms with Crippen molar-refractivity contribution >= 4 is 29.1 Å². The summed E-state index contributed by atoms with van der Waals surface area (Å²) >= 11 is 6.21. The number of carbonyl (C=O) groups is 2. The van der Waals surface area contributed by atoms with Gasteiger partial charge in [-0.2, -0.15) is 0 Å². The van der Waals surface area contributed by atoms with Gasteiger partial charge >= 0.3 is 0 Å². The van der Waals surface area contributed by atoms with Gasteiger partial charge < -0.3 is 15.4 Å². The lowest BCUT2D eigenvalue weighted by molar-refractivity contribution is 0.0953. The van der Waals surface area contributed by atoms with E-state index in [9.17, 15) is 9.59 Å². The number of hydrogen-bond donors (Lipinski definition) is 2. The fourth-order valence-electron chi connectivity index (χ4n) is 2.75. The van der Waals surface area contributed by atoms with Crippen LogP contribution >= 0.6 is 11.6 Å². The highest BCUT2D eigenvalue weighted by atomic mass is 35.5. The monoisotopic (exact) mass is 422 g/mol. The SMILES string of the molecule is CCCNC(=O)c1ccc(NC(=O)c2ccc(COc3ccccc3)cc2)cc1Cl. The standard InChI is InChI=1S/C24H23ClN2O3/c1-2-14-26-24(29)21-13-12-19(15-22(21)25)27-23(28)18-10-8-17(9-11-18)16-30-20-6-4-3-5-7-20/h3-13,15H,2,14,16H2,1H3,(H,26,29)(H,27,28). The Morgan fingerprint density at radius 2 is 1.67 bits per heavy atom. The van der Waals surface area contributed by atoms with Gasteiger partial charge in [-0.3, -0.25) is 9.59 Å². The summed E-state index contributed by atoms with van der Waals surface area (Å²) in [6.07, 6.45) is 0.842. The maximum Gasteiger partial charge on any atom is 0.255 e. The van der Waals surface area contributed by atoms with Crippen LogP contribution in [0.1, 0.15) is 39.6 Å². The van der Waals surface area contributed by atoms with Crippen LogP contribution in [0.5, 0.6) is 5.75 Å². The molecular weight excluding hydrogens is 400 g/mol. The number of para-hydroxylation sites is 1. The average molecular weight is 423 g/mol. The zero-order chi connectivity index (χ0) is 21.3. The van der Waals surface area contributed by atoms with Gasteiger partial charge in [0.2, 0.25) is 0 Å². The molecular formula is C24H23ClN2O3. The average Bonchev–Trinajstić information content (AvgIpc) is 2.77. The summed E-state index contributed by atoms with van der Waals surface area (Å²) in [7, 11) is 0. The molecule has 0 aromatic heterocycles. The summed E-state index contributed by atoms with van der Waals surface area (Å²) in [5.74, 6) is 0.306. The molecule has 0 aliphatic rings. The van der Waals surface area contributed by atoms with E-state index < -0.39 is 0 Å². The van der Waals surface area contributed by atoms with Gasteiger partial charge in [0.1, 0.15) is 12.4 Å². The van der Waals surface area contributed by atoms with Gasteiger partial charge in [-0.15, -0.1) is 0 Å². The molecule has 0 spiro atoms. The van der Waals surface area contributed by atoms with Gasteiger partial charge in [-0.25, -0.2) is 0 Å². The molecule has 2 amide bonds. The number of hydrogen-bond acceptors (Lipinski definition) is 3. The molecule has 6 heteroatoms. The Labute approximate surface area is 181 Å². The Hall–Kier alpha value is -3.31. The van der Waals surface area contributed by atoms with Crippen LogP contribution in [-0.2, 0) is 6.61 Å². The lowest BCUT2D eigenvalue weighted by Gasteiger charge is -2.10. The number of rotatable bonds is 8. The third kappa shape index (κ3) is 5.84. The molecule has 0 radical (unpaired) electrons. The van der Waals surface area contributed by atoms with Gasteiger partial charge in [-0.05, 0) is 54.4 Å². The fourth-order valence-corrected chi connectivity index (χ4v) is 3.02. The first-order valence-electron chi connectivity index (χ1n) is 9.72. The van der Waals surface area contributed by atoms with E-state index in [1.807, 2.05) is 49.4 Å². The third-order valence-corrected chi connectivity index (χ3v) is 4.68. The maximum absolute atomic E-state index is 12.5. The van der Waals surface area contributed by atoms with Crippen LogP contribution in [-0.4, -0.2) is 18.4 Å². The molecule has 0 fully saturated rings. The molecule has 5 nitrogen and oxygen atoms in total. The topological polar surface area (TPSA) is 67.4 Å². The molecule has 3 aromatic rings. The summed E-state index contributed by atoms with van der Waals surface area (Å²) in [5.41, 5.74) is 2.37. The van der Waals surface area contributed by atoms with Crippen molar-refractivity contribution in [2.24, 2.45) is 0 Å². The smallest absolute Gasteiger partial charge is 0.255 e. The van der Waals surface area contributed by atoms with Crippen molar-refractivity contribution in [1.82, 2.24) is 5.32 Å². The van der Waals surface area contributed by atoms with Gasteiger partial charge in [0, 0.05) is 17.8 Å². The van der Waals surface area contributed by atoms with Crippen LogP contribution in [0, 0.1) is 0 Å². The summed E-state index contributed by atoms with van der Waals surface area (Å²) in [6, 6.07) is 21.6. The molecule has 30 heavy (non-hydrogen) atoms. The quantitative estimate of drug-likeness (QED) is 0.516. The predicted octanol–water partition coefficient (Wildman–Crippen LogP) is 5.31. The van der Waals surface area contributed by atoms with Crippen LogP contribution in [0.4, 0.5) is 5.69 Å². The number of ether oxygens (including phenoxy) is 1. The van der Waals surface area contributed by atoms with E-state index in [4.69, 9.17) is 16.3 Å². The van der Waals surface area contributed by atoms with Crippen molar-refractivity contribution in [3.05, 3.63) is 94.5 Å². The number of carbonyl (C=O) groups excluding carboxylic acids is 2. The molecule has 3 aromatic carbocycles. The second kappa shape index (κ2) is 10.5. The Kier molecular flexibility index (Phi) is 7.46. The molecule has 0 aliphatic heterocycles. The van der Waals surface area contributed by atoms with Crippen molar-refractivity contribution in [3.8, 4) is 5.75 Å². The third-order valence-electron chi connectivity index (χ3n) is 4.37. The molecule has 0 saturated heterocycles. The van der Waals surface area contributed by atoms with E-state index in [1.165, 1.54) is 0 Å². The lowest BCUT2D eigenvalue weighted by atomic mass is 10.1. The van der Waals surface area contributed by atoms with E-state index in [-0.39, 0.29) is 16.8 Å². The van der Waals surface area contributed by atoms with Crippen LogP contribution in [0.2, 0.25) is 5.02 Å². The predicted molar refractivity (Wildman–Crippen MR) is 119 cm³/mol. The van der Waals surface area contributed by atoms with Crippen molar-refractivity contribution in [3.63, 3.8) is 0 Å². The molecule has 0 heterocycles. The molecule has 0 saturated carbocycles. The van der Waals surface area contributed by atoms with E-state index in [1.54, 1.807) is 30.3 Å². The van der Waals surface area contributed by atoms with Crippen LogP contribution in [0.25, 0.3) is 0 Å².